The highest BCUT2D eigenvalue weighted by atomic mass is 16.3. The maximum atomic E-state index is 12.5. The minimum Gasteiger partial charge on any atom is -0.394 e. The number of carbonyl (C=O) groups excluding carboxylic acids is 1. The molecule has 0 aromatic rings. The second kappa shape index (κ2) is 41.1. The van der Waals surface area contributed by atoms with Crippen LogP contribution >= 0.6 is 0 Å². The van der Waals surface area contributed by atoms with Crippen LogP contribution in [0.2, 0.25) is 0 Å². The summed E-state index contributed by atoms with van der Waals surface area (Å²) in [5.74, 6) is -0.523. The van der Waals surface area contributed by atoms with Crippen LogP contribution < -0.4 is 5.32 Å². The number of allylic oxidation sites excluding steroid dienone is 7. The molecule has 0 aromatic heterocycles. The highest BCUT2D eigenvalue weighted by Gasteiger charge is 2.22. The number of unbranched alkanes of at least 4 members (excludes halogenated alkanes) is 25. The number of hydrogen-bond acceptors (Lipinski definition) is 4. The van der Waals surface area contributed by atoms with Crippen molar-refractivity contribution in [3.63, 3.8) is 0 Å². The Balaban J connectivity index is 3.77. The van der Waals surface area contributed by atoms with E-state index in [0.717, 1.165) is 51.4 Å². The fraction of sp³-hybridized carbons (Fsp3) is 0.804. The van der Waals surface area contributed by atoms with Crippen molar-refractivity contribution in [3.8, 4) is 0 Å². The van der Waals surface area contributed by atoms with Crippen molar-refractivity contribution >= 4 is 5.91 Å². The van der Waals surface area contributed by atoms with E-state index in [1.54, 1.807) is 6.08 Å². The van der Waals surface area contributed by atoms with Gasteiger partial charge in [0.2, 0.25) is 5.91 Å². The molecular weight excluding hydrogens is 631 g/mol. The molecule has 0 radical (unpaired) electrons. The molecule has 0 rings (SSSR count). The Bertz CT molecular complexity index is 835. The first-order chi connectivity index (χ1) is 25.1. The standard InChI is InChI=1S/C46H85NO4/c1-3-5-7-9-11-13-15-17-19-21-23-25-26-28-30-32-34-36-38-40-44(49)43(42-48)47-46(51)45(50)41-39-37-35-33-31-29-27-24-22-20-18-16-14-12-10-8-6-4-2/h22-25,30,32,38,40,43-45,48-50H,3-21,26-29,31,33-37,39,41-42H2,1-2H3,(H,47,51)/b24-22-,25-23+,32-30+,40-38+. The van der Waals surface area contributed by atoms with E-state index < -0.39 is 24.2 Å². The molecule has 0 saturated carbocycles. The predicted octanol–water partition coefficient (Wildman–Crippen LogP) is 12.5. The Morgan fingerprint density at radius 1 is 0.471 bits per heavy atom. The Morgan fingerprint density at radius 2 is 0.804 bits per heavy atom. The van der Waals surface area contributed by atoms with Crippen LogP contribution in [-0.2, 0) is 4.79 Å². The molecule has 0 fully saturated rings. The van der Waals surface area contributed by atoms with Crippen LogP contribution in [0.1, 0.15) is 213 Å². The normalized spacial score (nSPS) is 14.1. The number of aliphatic hydroxyl groups excluding tert-OH is 3. The van der Waals surface area contributed by atoms with Gasteiger partial charge in [0.25, 0.3) is 0 Å². The number of nitrogens with one attached hydrogen (secondary N) is 1. The molecule has 1 amide bonds. The van der Waals surface area contributed by atoms with Crippen LogP contribution in [0, 0.1) is 0 Å². The molecule has 5 heteroatoms. The molecule has 0 aromatic carbocycles. The van der Waals surface area contributed by atoms with Gasteiger partial charge in [-0.05, 0) is 70.6 Å². The minimum absolute atomic E-state index is 0.384. The van der Waals surface area contributed by atoms with Crippen LogP contribution in [-0.4, -0.2) is 46.1 Å². The van der Waals surface area contributed by atoms with E-state index in [1.807, 2.05) is 6.08 Å². The maximum absolute atomic E-state index is 12.5. The molecule has 51 heavy (non-hydrogen) atoms. The SMILES string of the molecule is CCCCCCCCCC/C=C\CCCCCCCCC(O)C(=O)NC(CO)C(O)/C=C/CC/C=C/CC/C=C/CCCCCCCCCCC. The fourth-order valence-corrected chi connectivity index (χ4v) is 6.39. The Kier molecular flexibility index (Phi) is 39.7. The summed E-state index contributed by atoms with van der Waals surface area (Å²) in [5.41, 5.74) is 0. The van der Waals surface area contributed by atoms with Crippen LogP contribution in [0.3, 0.4) is 0 Å². The second-order valence-corrected chi connectivity index (χ2v) is 14.9. The lowest BCUT2D eigenvalue weighted by molar-refractivity contribution is -0.131. The lowest BCUT2D eigenvalue weighted by atomic mass is 10.0. The molecule has 0 aliphatic rings. The van der Waals surface area contributed by atoms with Gasteiger partial charge in [-0.15, -0.1) is 0 Å². The van der Waals surface area contributed by atoms with Crippen molar-refractivity contribution in [2.24, 2.45) is 0 Å². The highest BCUT2D eigenvalue weighted by molar-refractivity contribution is 5.80. The van der Waals surface area contributed by atoms with Crippen molar-refractivity contribution in [2.45, 2.75) is 231 Å². The van der Waals surface area contributed by atoms with E-state index in [1.165, 1.54) is 141 Å². The zero-order valence-electron chi connectivity index (χ0n) is 33.7. The summed E-state index contributed by atoms with van der Waals surface area (Å²) in [6, 6.07) is -0.823. The molecule has 0 spiro atoms. The highest BCUT2D eigenvalue weighted by Crippen LogP contribution is 2.13. The Labute approximate surface area is 316 Å². The lowest BCUT2D eigenvalue weighted by Crippen LogP contribution is -2.48. The van der Waals surface area contributed by atoms with E-state index in [2.05, 4.69) is 55.6 Å². The molecule has 5 nitrogen and oxygen atoms in total. The summed E-state index contributed by atoms with van der Waals surface area (Å²) in [4.78, 5) is 12.5. The number of amides is 1. The number of aliphatic hydroxyl groups is 3. The average molecular weight is 716 g/mol. The van der Waals surface area contributed by atoms with Crippen molar-refractivity contribution in [2.75, 3.05) is 6.61 Å². The monoisotopic (exact) mass is 716 g/mol. The van der Waals surface area contributed by atoms with Gasteiger partial charge < -0.3 is 20.6 Å². The minimum atomic E-state index is -1.11. The molecule has 0 heterocycles. The van der Waals surface area contributed by atoms with Crippen molar-refractivity contribution in [1.82, 2.24) is 5.32 Å². The van der Waals surface area contributed by atoms with Gasteiger partial charge in [-0.3, -0.25) is 4.79 Å². The maximum Gasteiger partial charge on any atom is 0.249 e. The van der Waals surface area contributed by atoms with Crippen molar-refractivity contribution in [1.29, 1.82) is 0 Å². The second-order valence-electron chi connectivity index (χ2n) is 14.9. The average Bonchev–Trinajstić information content (AvgIpc) is 3.13. The van der Waals surface area contributed by atoms with Crippen LogP contribution in [0.4, 0.5) is 0 Å². The quantitative estimate of drug-likeness (QED) is 0.0377. The van der Waals surface area contributed by atoms with E-state index in [0.29, 0.717) is 6.42 Å². The van der Waals surface area contributed by atoms with Gasteiger partial charge in [-0.1, -0.05) is 191 Å². The van der Waals surface area contributed by atoms with Gasteiger partial charge in [-0.2, -0.15) is 0 Å². The van der Waals surface area contributed by atoms with Gasteiger partial charge in [0.05, 0.1) is 18.8 Å². The summed E-state index contributed by atoms with van der Waals surface area (Å²) < 4.78 is 0. The third-order valence-corrected chi connectivity index (χ3v) is 9.87. The van der Waals surface area contributed by atoms with Crippen molar-refractivity contribution < 1.29 is 20.1 Å². The van der Waals surface area contributed by atoms with Crippen LogP contribution in [0.15, 0.2) is 48.6 Å². The topological polar surface area (TPSA) is 89.8 Å². The van der Waals surface area contributed by atoms with Gasteiger partial charge in [0.1, 0.15) is 6.10 Å². The molecule has 3 atom stereocenters. The van der Waals surface area contributed by atoms with E-state index in [4.69, 9.17) is 0 Å². The third kappa shape index (κ3) is 36.5. The number of hydrogen-bond donors (Lipinski definition) is 4. The van der Waals surface area contributed by atoms with E-state index >= 15 is 0 Å². The Hall–Kier alpha value is -1.69. The molecule has 0 bridgehead atoms. The summed E-state index contributed by atoms with van der Waals surface area (Å²) in [6.07, 6.45) is 52.8. The van der Waals surface area contributed by atoms with Crippen LogP contribution in [0.25, 0.3) is 0 Å². The van der Waals surface area contributed by atoms with Gasteiger partial charge in [0, 0.05) is 0 Å². The molecular formula is C46H85NO4. The van der Waals surface area contributed by atoms with Gasteiger partial charge in [-0.25, -0.2) is 0 Å². The number of carbonyl (C=O) groups is 1. The van der Waals surface area contributed by atoms with Gasteiger partial charge >= 0.3 is 0 Å². The van der Waals surface area contributed by atoms with E-state index in [9.17, 15) is 20.1 Å². The van der Waals surface area contributed by atoms with Crippen molar-refractivity contribution in [3.05, 3.63) is 48.6 Å². The molecule has 0 aliphatic carbocycles. The van der Waals surface area contributed by atoms with E-state index in [-0.39, 0.29) is 6.61 Å². The summed E-state index contributed by atoms with van der Waals surface area (Å²) >= 11 is 0. The summed E-state index contributed by atoms with van der Waals surface area (Å²) in [5, 5.41) is 33.1. The molecule has 3 unspecified atom stereocenters. The predicted molar refractivity (Wildman–Crippen MR) is 222 cm³/mol. The van der Waals surface area contributed by atoms with Gasteiger partial charge in [0.15, 0.2) is 0 Å². The summed E-state index contributed by atoms with van der Waals surface area (Å²) in [7, 11) is 0. The number of rotatable bonds is 39. The lowest BCUT2D eigenvalue weighted by Gasteiger charge is -2.21. The summed E-state index contributed by atoms with van der Waals surface area (Å²) in [6.45, 7) is 4.16. The first-order valence-corrected chi connectivity index (χ1v) is 22.0. The largest absolute Gasteiger partial charge is 0.394 e. The Morgan fingerprint density at radius 3 is 1.20 bits per heavy atom. The van der Waals surface area contributed by atoms with Crippen LogP contribution in [0.5, 0.6) is 0 Å². The zero-order valence-corrected chi connectivity index (χ0v) is 33.7. The third-order valence-electron chi connectivity index (χ3n) is 9.87. The molecule has 4 N–H and O–H groups in total. The first kappa shape index (κ1) is 49.3. The molecule has 0 saturated heterocycles. The smallest absolute Gasteiger partial charge is 0.249 e. The fourth-order valence-electron chi connectivity index (χ4n) is 6.39. The molecule has 0 aliphatic heterocycles. The zero-order chi connectivity index (χ0) is 37.3. The molecule has 298 valence electrons. The first-order valence-electron chi connectivity index (χ1n) is 22.0.